The van der Waals surface area contributed by atoms with Gasteiger partial charge in [0.15, 0.2) is 6.04 Å². The number of hydrogen-bond donors (Lipinski definition) is 1. The van der Waals surface area contributed by atoms with E-state index in [1.54, 1.807) is 23.5 Å². The maximum Gasteiger partial charge on any atom is 0.330 e. The molecule has 0 spiro atoms. The molecule has 0 aliphatic carbocycles. The first-order chi connectivity index (χ1) is 8.22. The number of hydrogen-bond acceptors (Lipinski definition) is 6. The van der Waals surface area contributed by atoms with Crippen molar-refractivity contribution >= 4 is 29.5 Å². The van der Waals surface area contributed by atoms with E-state index >= 15 is 0 Å². The van der Waals surface area contributed by atoms with Crippen molar-refractivity contribution in [1.29, 1.82) is 0 Å². The van der Waals surface area contributed by atoms with Crippen molar-refractivity contribution in [1.82, 2.24) is 0 Å². The van der Waals surface area contributed by atoms with Crippen molar-refractivity contribution in [3.63, 3.8) is 0 Å². The third-order valence-corrected chi connectivity index (χ3v) is 3.30. The summed E-state index contributed by atoms with van der Waals surface area (Å²) in [6, 6.07) is -0.784. The second-order valence-corrected chi connectivity index (χ2v) is 5.34. The van der Waals surface area contributed by atoms with Gasteiger partial charge in [-0.1, -0.05) is 0 Å². The van der Waals surface area contributed by atoms with Crippen LogP contribution in [0.15, 0.2) is 10.4 Å². The van der Waals surface area contributed by atoms with Crippen LogP contribution in [0.2, 0.25) is 0 Å². The number of thioether (sulfide) groups is 2. The Morgan fingerprint density at radius 1 is 1.29 bits per heavy atom. The fourth-order valence-corrected chi connectivity index (χ4v) is 1.96. The molecule has 0 aromatic heterocycles. The van der Waals surface area contributed by atoms with E-state index < -0.39 is 12.0 Å². The predicted molar refractivity (Wildman–Crippen MR) is 72.8 cm³/mol. The lowest BCUT2D eigenvalue weighted by molar-refractivity contribution is -0.138. The zero-order chi connectivity index (χ0) is 12.9. The van der Waals surface area contributed by atoms with Gasteiger partial charge < -0.3 is 9.94 Å². The Labute approximate surface area is 111 Å². The molecule has 0 saturated carbocycles. The Bertz CT molecular complexity index is 228. The summed E-state index contributed by atoms with van der Waals surface area (Å²) in [7, 11) is 0. The molecule has 1 N–H and O–H groups in total. The zero-order valence-electron chi connectivity index (χ0n) is 10.3. The normalized spacial score (nSPS) is 12.8. The number of carboxylic acids is 1. The molecule has 0 aromatic rings. The van der Waals surface area contributed by atoms with E-state index in [9.17, 15) is 4.79 Å². The summed E-state index contributed by atoms with van der Waals surface area (Å²) in [6.07, 6.45) is 6.46. The van der Waals surface area contributed by atoms with Crippen molar-refractivity contribution in [3.05, 3.63) is 0 Å². The van der Waals surface area contributed by atoms with Crippen LogP contribution in [-0.2, 0) is 9.63 Å². The minimum atomic E-state index is -0.950. The molecule has 100 valence electrons. The molecule has 0 radical (unpaired) electrons. The molecule has 7 heteroatoms. The Balaban J connectivity index is 3.66. The molecule has 0 fully saturated rings. The molecule has 5 nitrogen and oxygen atoms in total. The monoisotopic (exact) mass is 280 g/mol. The van der Waals surface area contributed by atoms with Gasteiger partial charge in [0, 0.05) is 5.28 Å². The van der Waals surface area contributed by atoms with Crippen molar-refractivity contribution in [2.45, 2.75) is 25.3 Å². The molecule has 0 heterocycles. The van der Waals surface area contributed by atoms with Gasteiger partial charge >= 0.3 is 5.97 Å². The molecule has 0 saturated heterocycles. The van der Waals surface area contributed by atoms with Gasteiger partial charge in [0.25, 0.3) is 0 Å². The maximum absolute atomic E-state index is 10.8. The molecule has 0 amide bonds. The Morgan fingerprint density at radius 3 is 2.59 bits per heavy atom. The molecule has 0 aromatic carbocycles. The summed E-state index contributed by atoms with van der Waals surface area (Å²) in [5.41, 5.74) is 0. The Morgan fingerprint density at radius 2 is 2.00 bits per heavy atom. The number of carboxylic acid groups (broad SMARTS) is 1. The molecule has 17 heavy (non-hydrogen) atoms. The fraction of sp³-hybridized carbons (Fsp3) is 0.900. The molecule has 0 bridgehead atoms. The van der Waals surface area contributed by atoms with Crippen LogP contribution in [0.4, 0.5) is 0 Å². The number of carbonyl (C=O) groups is 1. The van der Waals surface area contributed by atoms with Gasteiger partial charge in [-0.2, -0.15) is 23.5 Å². The largest absolute Gasteiger partial charge is 0.480 e. The number of aliphatic carboxylic acids is 1. The predicted octanol–water partition coefficient (Wildman–Crippen LogP) is 2.72. The van der Waals surface area contributed by atoms with Crippen LogP contribution in [0, 0.1) is 0 Å². The van der Waals surface area contributed by atoms with E-state index in [1.165, 1.54) is 0 Å². The summed E-state index contributed by atoms with van der Waals surface area (Å²) >= 11 is 3.39. The molecular formula is C10H20N2O3S2. The van der Waals surface area contributed by atoms with Gasteiger partial charge in [-0.15, -0.1) is 5.11 Å². The van der Waals surface area contributed by atoms with E-state index in [-0.39, 0.29) is 0 Å². The molecule has 0 aliphatic heterocycles. The van der Waals surface area contributed by atoms with Crippen molar-refractivity contribution in [2.75, 3.05) is 30.6 Å². The smallest absolute Gasteiger partial charge is 0.330 e. The minimum Gasteiger partial charge on any atom is -0.480 e. The minimum absolute atomic E-state index is 0.482. The summed E-state index contributed by atoms with van der Waals surface area (Å²) in [6.45, 7) is 0.499. The molecule has 0 unspecified atom stereocenters. The maximum atomic E-state index is 10.8. The number of unbranched alkanes of at least 4 members (excludes halogenated alkanes) is 1. The number of nitrogens with zero attached hydrogens (tertiary/aromatic N) is 2. The van der Waals surface area contributed by atoms with E-state index in [2.05, 4.69) is 16.6 Å². The SMILES string of the molecule is CSCCCCON=N[C@@H](CCSC)C(=O)O. The van der Waals surface area contributed by atoms with Crippen molar-refractivity contribution in [3.8, 4) is 0 Å². The molecule has 0 rings (SSSR count). The van der Waals surface area contributed by atoms with E-state index in [0.29, 0.717) is 13.0 Å². The topological polar surface area (TPSA) is 71.2 Å². The Hall–Kier alpha value is -0.430. The van der Waals surface area contributed by atoms with Gasteiger partial charge in [-0.05, 0) is 43.3 Å². The van der Waals surface area contributed by atoms with Crippen LogP contribution in [-0.4, -0.2) is 47.7 Å². The second kappa shape index (κ2) is 12.0. The molecule has 1 atom stereocenters. The summed E-state index contributed by atoms with van der Waals surface area (Å²) in [5, 5.41) is 16.0. The van der Waals surface area contributed by atoms with Crippen LogP contribution in [0.3, 0.4) is 0 Å². The van der Waals surface area contributed by atoms with Crippen LogP contribution in [0.25, 0.3) is 0 Å². The summed E-state index contributed by atoms with van der Waals surface area (Å²) < 4.78 is 0. The van der Waals surface area contributed by atoms with Gasteiger partial charge in [-0.3, -0.25) is 0 Å². The average molecular weight is 280 g/mol. The van der Waals surface area contributed by atoms with E-state index in [4.69, 9.17) is 9.94 Å². The lowest BCUT2D eigenvalue weighted by atomic mass is 10.2. The van der Waals surface area contributed by atoms with E-state index in [1.807, 2.05) is 6.26 Å². The standard InChI is InChI=1S/C10H20N2O3S2/c1-16-7-4-3-6-15-12-11-9(10(13)14)5-8-17-2/h9H,3-8H2,1-2H3,(H,13,14)/t9-/m0/s1. The summed E-state index contributed by atoms with van der Waals surface area (Å²) in [4.78, 5) is 15.7. The summed E-state index contributed by atoms with van der Waals surface area (Å²) in [5.74, 6) is 0.907. The fourth-order valence-electron chi connectivity index (χ4n) is 1.00. The highest BCUT2D eigenvalue weighted by atomic mass is 32.2. The highest BCUT2D eigenvalue weighted by Crippen LogP contribution is 2.06. The van der Waals surface area contributed by atoms with Gasteiger partial charge in [-0.25, -0.2) is 4.79 Å². The molecule has 0 aliphatic rings. The van der Waals surface area contributed by atoms with E-state index in [0.717, 1.165) is 24.3 Å². The highest BCUT2D eigenvalue weighted by Gasteiger charge is 2.15. The first-order valence-electron chi connectivity index (χ1n) is 5.45. The highest BCUT2D eigenvalue weighted by molar-refractivity contribution is 7.98. The molecular weight excluding hydrogens is 260 g/mol. The van der Waals surface area contributed by atoms with Crippen LogP contribution >= 0.6 is 23.5 Å². The van der Waals surface area contributed by atoms with Crippen LogP contribution in [0.5, 0.6) is 0 Å². The second-order valence-electron chi connectivity index (χ2n) is 3.37. The van der Waals surface area contributed by atoms with Crippen LogP contribution < -0.4 is 0 Å². The average Bonchev–Trinajstić information content (AvgIpc) is 2.31. The van der Waals surface area contributed by atoms with Gasteiger partial charge in [0.05, 0.1) is 0 Å². The van der Waals surface area contributed by atoms with Gasteiger partial charge in [0.2, 0.25) is 0 Å². The quantitative estimate of drug-likeness (QED) is 0.358. The third-order valence-electron chi connectivity index (χ3n) is 1.96. The number of rotatable bonds is 11. The van der Waals surface area contributed by atoms with Crippen molar-refractivity contribution in [2.24, 2.45) is 10.4 Å². The lowest BCUT2D eigenvalue weighted by Crippen LogP contribution is -2.18. The first kappa shape index (κ1) is 16.6. The zero-order valence-corrected chi connectivity index (χ0v) is 11.9. The first-order valence-corrected chi connectivity index (χ1v) is 8.24. The Kier molecular flexibility index (Phi) is 11.7. The lowest BCUT2D eigenvalue weighted by Gasteiger charge is -2.04. The van der Waals surface area contributed by atoms with Crippen molar-refractivity contribution < 1.29 is 14.7 Å². The van der Waals surface area contributed by atoms with Crippen LogP contribution in [0.1, 0.15) is 19.3 Å². The van der Waals surface area contributed by atoms with Gasteiger partial charge in [0.1, 0.15) is 6.61 Å². The third kappa shape index (κ3) is 10.4.